The lowest BCUT2D eigenvalue weighted by Gasteiger charge is -2.26. The van der Waals surface area contributed by atoms with Crippen molar-refractivity contribution in [3.8, 4) is 0 Å². The van der Waals surface area contributed by atoms with Crippen molar-refractivity contribution in [2.45, 2.75) is 44.9 Å². The van der Waals surface area contributed by atoms with Gasteiger partial charge in [-0.25, -0.2) is 0 Å². The van der Waals surface area contributed by atoms with Crippen molar-refractivity contribution in [1.29, 1.82) is 0 Å². The SMILES string of the molecule is CC[Si](CC)(CC)C/C=C/n1ccc2ccccc21. The third-order valence-corrected chi connectivity index (χ3v) is 10.3. The van der Waals surface area contributed by atoms with Crippen LogP contribution in [0.4, 0.5) is 0 Å². The first kappa shape index (κ1) is 14.1. The summed E-state index contributed by atoms with van der Waals surface area (Å²) in [7, 11) is -1.02. The van der Waals surface area contributed by atoms with Crippen LogP contribution in [0.25, 0.3) is 17.1 Å². The highest BCUT2D eigenvalue weighted by Gasteiger charge is 2.24. The molecule has 0 N–H and O–H groups in total. The Morgan fingerprint density at radius 1 is 1.00 bits per heavy atom. The zero-order valence-corrected chi connectivity index (χ0v) is 13.4. The van der Waals surface area contributed by atoms with E-state index in [9.17, 15) is 0 Å². The highest BCUT2D eigenvalue weighted by molar-refractivity contribution is 6.80. The molecule has 1 nitrogen and oxygen atoms in total. The van der Waals surface area contributed by atoms with E-state index >= 15 is 0 Å². The monoisotopic (exact) mass is 271 g/mol. The fourth-order valence-corrected chi connectivity index (χ4v) is 5.81. The molecule has 0 atom stereocenters. The lowest BCUT2D eigenvalue weighted by Crippen LogP contribution is -2.29. The number of benzene rings is 1. The van der Waals surface area contributed by atoms with Crippen LogP contribution >= 0.6 is 0 Å². The minimum atomic E-state index is -1.02. The Balaban J connectivity index is 2.15. The lowest BCUT2D eigenvalue weighted by atomic mass is 10.2. The minimum absolute atomic E-state index is 1.02. The van der Waals surface area contributed by atoms with Crippen molar-refractivity contribution in [2.24, 2.45) is 0 Å². The van der Waals surface area contributed by atoms with Gasteiger partial charge in [-0.3, -0.25) is 0 Å². The van der Waals surface area contributed by atoms with Crippen molar-refractivity contribution < 1.29 is 0 Å². The topological polar surface area (TPSA) is 4.93 Å². The number of aromatic nitrogens is 1. The predicted octanol–water partition coefficient (Wildman–Crippen LogP) is 5.62. The Labute approximate surface area is 118 Å². The maximum atomic E-state index is 2.40. The molecule has 0 aliphatic heterocycles. The summed E-state index contributed by atoms with van der Waals surface area (Å²) in [5, 5.41) is 1.32. The van der Waals surface area contributed by atoms with E-state index in [4.69, 9.17) is 0 Å². The molecule has 0 radical (unpaired) electrons. The molecule has 0 bridgehead atoms. The van der Waals surface area contributed by atoms with Crippen LogP contribution in [-0.2, 0) is 0 Å². The molecule has 2 rings (SSSR count). The third kappa shape index (κ3) is 3.00. The second-order valence-corrected chi connectivity index (χ2v) is 11.0. The van der Waals surface area contributed by atoms with E-state index in [1.54, 1.807) is 0 Å². The zero-order valence-electron chi connectivity index (χ0n) is 12.4. The van der Waals surface area contributed by atoms with Gasteiger partial charge in [0.2, 0.25) is 0 Å². The molecule has 2 aromatic rings. The molecule has 102 valence electrons. The Morgan fingerprint density at radius 3 is 2.37 bits per heavy atom. The van der Waals surface area contributed by atoms with Gasteiger partial charge in [-0.2, -0.15) is 0 Å². The van der Waals surface area contributed by atoms with Crippen LogP contribution in [0.5, 0.6) is 0 Å². The molecule has 1 aromatic heterocycles. The predicted molar refractivity (Wildman–Crippen MR) is 89.3 cm³/mol. The van der Waals surface area contributed by atoms with E-state index < -0.39 is 8.07 Å². The van der Waals surface area contributed by atoms with Gasteiger partial charge in [0.05, 0.1) is 13.6 Å². The Bertz CT molecular complexity index is 541. The Kier molecular flexibility index (Phi) is 4.64. The molecule has 19 heavy (non-hydrogen) atoms. The highest BCUT2D eigenvalue weighted by Crippen LogP contribution is 2.25. The summed E-state index contributed by atoms with van der Waals surface area (Å²) in [6, 6.07) is 16.2. The average molecular weight is 271 g/mol. The summed E-state index contributed by atoms with van der Waals surface area (Å²) in [6.07, 6.45) is 6.81. The van der Waals surface area contributed by atoms with Crippen LogP contribution < -0.4 is 0 Å². The van der Waals surface area contributed by atoms with E-state index in [2.05, 4.69) is 74.1 Å². The summed E-state index contributed by atoms with van der Waals surface area (Å²) < 4.78 is 2.25. The van der Waals surface area contributed by atoms with Crippen LogP contribution in [0, 0.1) is 0 Å². The number of hydrogen-bond donors (Lipinski definition) is 0. The van der Waals surface area contributed by atoms with E-state index in [-0.39, 0.29) is 0 Å². The Hall–Kier alpha value is -1.28. The van der Waals surface area contributed by atoms with Crippen LogP contribution in [0.1, 0.15) is 20.8 Å². The molecule has 0 aliphatic carbocycles. The fraction of sp³-hybridized carbons (Fsp3) is 0.412. The van der Waals surface area contributed by atoms with Crippen molar-refractivity contribution in [3.05, 3.63) is 42.6 Å². The third-order valence-electron chi connectivity index (χ3n) is 4.70. The molecule has 0 aliphatic rings. The van der Waals surface area contributed by atoms with Crippen molar-refractivity contribution in [3.63, 3.8) is 0 Å². The number of fused-ring (bicyclic) bond motifs is 1. The quantitative estimate of drug-likeness (QED) is 0.601. The number of allylic oxidation sites excluding steroid dienone is 1. The number of rotatable bonds is 6. The van der Waals surface area contributed by atoms with E-state index in [0.717, 1.165) is 0 Å². The molecule has 0 unspecified atom stereocenters. The summed E-state index contributed by atoms with van der Waals surface area (Å²) in [4.78, 5) is 0. The van der Waals surface area contributed by atoms with Crippen LogP contribution in [-0.4, -0.2) is 12.6 Å². The minimum Gasteiger partial charge on any atom is -0.324 e. The van der Waals surface area contributed by atoms with Gasteiger partial charge in [-0.1, -0.05) is 63.2 Å². The fourth-order valence-electron chi connectivity index (χ4n) is 2.83. The molecule has 1 heterocycles. The first-order chi connectivity index (χ1) is 9.24. The van der Waals surface area contributed by atoms with E-state index in [0.29, 0.717) is 0 Å². The summed E-state index contributed by atoms with van der Waals surface area (Å²) in [5.74, 6) is 0. The van der Waals surface area contributed by atoms with Gasteiger partial charge in [-0.15, -0.1) is 0 Å². The van der Waals surface area contributed by atoms with Gasteiger partial charge < -0.3 is 4.57 Å². The van der Waals surface area contributed by atoms with Crippen molar-refractivity contribution in [1.82, 2.24) is 4.57 Å². The van der Waals surface area contributed by atoms with Crippen LogP contribution in [0.15, 0.2) is 42.6 Å². The van der Waals surface area contributed by atoms with Gasteiger partial charge in [0.15, 0.2) is 0 Å². The second kappa shape index (κ2) is 6.24. The van der Waals surface area contributed by atoms with Gasteiger partial charge >= 0.3 is 0 Å². The molecule has 0 spiro atoms. The zero-order chi connectivity index (χ0) is 13.7. The number of nitrogens with zero attached hydrogens (tertiary/aromatic N) is 1. The van der Waals surface area contributed by atoms with Gasteiger partial charge in [0.1, 0.15) is 0 Å². The first-order valence-electron chi connectivity index (χ1n) is 7.47. The normalized spacial score (nSPS) is 12.6. The molecule has 0 fully saturated rings. The molecule has 0 saturated heterocycles. The largest absolute Gasteiger partial charge is 0.324 e. The van der Waals surface area contributed by atoms with Crippen LogP contribution in [0.2, 0.25) is 24.2 Å². The molecule has 2 heteroatoms. The molecular formula is C17H25NSi. The standard InChI is InChI=1S/C17H25NSi/c1-4-19(5-2,6-3)15-9-13-18-14-12-16-10-7-8-11-17(16)18/h7-14H,4-6,15H2,1-3H3/b13-9+. The maximum Gasteiger partial charge on any atom is 0.0565 e. The molecular weight excluding hydrogens is 246 g/mol. The number of para-hydroxylation sites is 1. The van der Waals surface area contributed by atoms with Crippen molar-refractivity contribution in [2.75, 3.05) is 0 Å². The Morgan fingerprint density at radius 2 is 1.68 bits per heavy atom. The maximum absolute atomic E-state index is 2.40. The highest BCUT2D eigenvalue weighted by atomic mass is 28.3. The summed E-state index contributed by atoms with van der Waals surface area (Å²) in [6.45, 7) is 7.12. The second-order valence-electron chi connectivity index (χ2n) is 5.43. The van der Waals surface area contributed by atoms with Gasteiger partial charge in [0.25, 0.3) is 0 Å². The van der Waals surface area contributed by atoms with Gasteiger partial charge in [0, 0.05) is 12.4 Å². The molecule has 1 aromatic carbocycles. The first-order valence-corrected chi connectivity index (χ1v) is 10.3. The summed E-state index contributed by atoms with van der Waals surface area (Å²) >= 11 is 0. The van der Waals surface area contributed by atoms with Gasteiger partial charge in [-0.05, 0) is 23.6 Å². The van der Waals surface area contributed by atoms with Crippen LogP contribution in [0.3, 0.4) is 0 Å². The van der Waals surface area contributed by atoms with E-state index in [1.165, 1.54) is 35.1 Å². The summed E-state index contributed by atoms with van der Waals surface area (Å²) in [5.41, 5.74) is 1.30. The smallest absolute Gasteiger partial charge is 0.0565 e. The average Bonchev–Trinajstić information content (AvgIpc) is 2.88. The van der Waals surface area contributed by atoms with E-state index in [1.807, 2.05) is 0 Å². The lowest BCUT2D eigenvalue weighted by molar-refractivity contribution is 1.14. The number of hydrogen-bond acceptors (Lipinski definition) is 0. The molecule has 0 saturated carbocycles. The molecule has 0 amide bonds. The van der Waals surface area contributed by atoms with Crippen molar-refractivity contribution >= 4 is 25.2 Å².